The quantitative estimate of drug-likeness (QED) is 0.545. The summed E-state index contributed by atoms with van der Waals surface area (Å²) in [6.45, 7) is 2.44. The van der Waals surface area contributed by atoms with Crippen LogP contribution < -0.4 is 0 Å². The second-order valence-electron chi connectivity index (χ2n) is 7.78. The van der Waals surface area contributed by atoms with Gasteiger partial charge in [0.1, 0.15) is 18.0 Å². The van der Waals surface area contributed by atoms with Crippen LogP contribution >= 0.6 is 11.6 Å². The van der Waals surface area contributed by atoms with Crippen molar-refractivity contribution in [1.29, 1.82) is 0 Å². The number of carbonyl (C=O) groups is 1. The molecule has 1 aliphatic heterocycles. The minimum Gasteiger partial charge on any atom is -0.445 e. The lowest BCUT2D eigenvalue weighted by Gasteiger charge is -2.31. The number of benzene rings is 1. The molecule has 0 N–H and O–H groups in total. The van der Waals surface area contributed by atoms with Gasteiger partial charge in [-0.05, 0) is 37.5 Å². The maximum Gasteiger partial charge on any atom is 0.280 e. The molecule has 0 radical (unpaired) electrons. The van der Waals surface area contributed by atoms with Crippen molar-refractivity contribution in [2.75, 3.05) is 13.1 Å². The summed E-state index contributed by atoms with van der Waals surface area (Å²) in [6, 6.07) is 8.88. The fraction of sp³-hybridized carbons (Fsp3) is 0.409. The van der Waals surface area contributed by atoms with Crippen molar-refractivity contribution in [1.82, 2.24) is 19.7 Å². The monoisotopic (exact) mass is 448 g/mol. The molecule has 31 heavy (non-hydrogen) atoms. The van der Waals surface area contributed by atoms with E-state index in [1.54, 1.807) is 18.0 Å². The van der Waals surface area contributed by atoms with E-state index in [0.717, 1.165) is 23.1 Å². The minimum absolute atomic E-state index is 0.0355. The van der Waals surface area contributed by atoms with Gasteiger partial charge in [0.15, 0.2) is 5.89 Å². The standard InChI is InChI=1S/C22H23ClF2N4O2/c1-14-9-19(21(24)25)29(27-14)13-20(30)28-8-4-6-16(12-28)22-26-11-17(31-22)10-15-5-2-3-7-18(15)23/h2-3,5,7,9,11,16,21H,4,6,8,10,12-13H2,1H3. The molecule has 6 nitrogen and oxygen atoms in total. The second-order valence-corrected chi connectivity index (χ2v) is 8.19. The number of halogens is 3. The molecule has 1 atom stereocenters. The van der Waals surface area contributed by atoms with Crippen molar-refractivity contribution in [2.45, 2.75) is 45.1 Å². The highest BCUT2D eigenvalue weighted by Gasteiger charge is 2.29. The lowest BCUT2D eigenvalue weighted by molar-refractivity contribution is -0.133. The van der Waals surface area contributed by atoms with Crippen LogP contribution in [0.4, 0.5) is 8.78 Å². The number of hydrogen-bond donors (Lipinski definition) is 0. The lowest BCUT2D eigenvalue weighted by atomic mass is 9.98. The number of carbonyl (C=O) groups excluding carboxylic acids is 1. The molecule has 1 aromatic carbocycles. The number of aromatic nitrogens is 3. The number of oxazole rings is 1. The fourth-order valence-electron chi connectivity index (χ4n) is 3.92. The molecule has 0 bridgehead atoms. The normalized spacial score (nSPS) is 16.8. The number of alkyl halides is 2. The molecular weight excluding hydrogens is 426 g/mol. The van der Waals surface area contributed by atoms with Crippen LogP contribution in [0.2, 0.25) is 5.02 Å². The van der Waals surface area contributed by atoms with Crippen molar-refractivity contribution < 1.29 is 18.0 Å². The Hall–Kier alpha value is -2.74. The Kier molecular flexibility index (Phi) is 6.36. The molecule has 1 unspecified atom stereocenters. The molecule has 0 saturated carbocycles. The van der Waals surface area contributed by atoms with E-state index < -0.39 is 6.43 Å². The van der Waals surface area contributed by atoms with Gasteiger partial charge in [-0.15, -0.1) is 0 Å². The number of aryl methyl sites for hydroxylation is 1. The van der Waals surface area contributed by atoms with Crippen LogP contribution in [0.5, 0.6) is 0 Å². The number of amides is 1. The Morgan fingerprint density at radius 1 is 1.35 bits per heavy atom. The smallest absolute Gasteiger partial charge is 0.280 e. The third kappa shape index (κ3) is 4.95. The average Bonchev–Trinajstić information content (AvgIpc) is 3.36. The summed E-state index contributed by atoms with van der Waals surface area (Å²) in [7, 11) is 0. The van der Waals surface area contributed by atoms with Gasteiger partial charge in [-0.2, -0.15) is 5.10 Å². The number of rotatable bonds is 6. The molecule has 0 spiro atoms. The lowest BCUT2D eigenvalue weighted by Crippen LogP contribution is -2.41. The van der Waals surface area contributed by atoms with E-state index >= 15 is 0 Å². The van der Waals surface area contributed by atoms with Crippen LogP contribution in [-0.4, -0.2) is 38.7 Å². The van der Waals surface area contributed by atoms with Gasteiger partial charge in [-0.25, -0.2) is 13.8 Å². The summed E-state index contributed by atoms with van der Waals surface area (Å²) in [5.74, 6) is 1.02. The molecule has 1 aliphatic rings. The molecule has 3 aromatic rings. The van der Waals surface area contributed by atoms with Gasteiger partial charge >= 0.3 is 0 Å². The van der Waals surface area contributed by atoms with Crippen LogP contribution in [0.3, 0.4) is 0 Å². The van der Waals surface area contributed by atoms with Crippen LogP contribution in [-0.2, 0) is 17.8 Å². The number of likely N-dealkylation sites (tertiary alicyclic amines) is 1. The van der Waals surface area contributed by atoms with Gasteiger partial charge in [0.05, 0.1) is 17.8 Å². The summed E-state index contributed by atoms with van der Waals surface area (Å²) in [5.41, 5.74) is 1.18. The average molecular weight is 449 g/mol. The van der Waals surface area contributed by atoms with Crippen molar-refractivity contribution in [3.63, 3.8) is 0 Å². The molecule has 3 heterocycles. The van der Waals surface area contributed by atoms with E-state index in [0.29, 0.717) is 41.9 Å². The van der Waals surface area contributed by atoms with Crippen molar-refractivity contribution in [3.8, 4) is 0 Å². The number of piperidine rings is 1. The van der Waals surface area contributed by atoms with E-state index in [1.165, 1.54) is 6.07 Å². The van der Waals surface area contributed by atoms with E-state index in [2.05, 4.69) is 10.1 Å². The zero-order valence-electron chi connectivity index (χ0n) is 17.1. The van der Waals surface area contributed by atoms with E-state index in [-0.39, 0.29) is 24.1 Å². The maximum atomic E-state index is 13.2. The molecular formula is C22H23ClF2N4O2. The maximum absolute atomic E-state index is 13.2. The van der Waals surface area contributed by atoms with Crippen LogP contribution in [0, 0.1) is 6.92 Å². The van der Waals surface area contributed by atoms with Gasteiger partial charge in [-0.3, -0.25) is 9.48 Å². The third-order valence-electron chi connectivity index (χ3n) is 5.46. The summed E-state index contributed by atoms with van der Waals surface area (Å²) in [4.78, 5) is 18.9. The highest BCUT2D eigenvalue weighted by molar-refractivity contribution is 6.31. The van der Waals surface area contributed by atoms with E-state index in [4.69, 9.17) is 16.0 Å². The number of hydrogen-bond acceptors (Lipinski definition) is 4. The van der Waals surface area contributed by atoms with Crippen molar-refractivity contribution >= 4 is 17.5 Å². The first-order valence-electron chi connectivity index (χ1n) is 10.2. The van der Waals surface area contributed by atoms with Crippen LogP contribution in [0.25, 0.3) is 0 Å². The summed E-state index contributed by atoms with van der Waals surface area (Å²) in [5, 5.41) is 4.71. The second kappa shape index (κ2) is 9.18. The van der Waals surface area contributed by atoms with Gasteiger partial charge in [-0.1, -0.05) is 29.8 Å². The predicted octanol–water partition coefficient (Wildman–Crippen LogP) is 4.77. The number of nitrogens with zero attached hydrogens (tertiary/aromatic N) is 4. The summed E-state index contributed by atoms with van der Waals surface area (Å²) >= 11 is 6.22. The zero-order valence-corrected chi connectivity index (χ0v) is 17.9. The molecule has 1 saturated heterocycles. The molecule has 164 valence electrons. The first kappa shape index (κ1) is 21.5. The van der Waals surface area contributed by atoms with Gasteiger partial charge in [0, 0.05) is 24.5 Å². The largest absolute Gasteiger partial charge is 0.445 e. The highest BCUT2D eigenvalue weighted by Crippen LogP contribution is 2.28. The fourth-order valence-corrected chi connectivity index (χ4v) is 4.13. The molecule has 1 amide bonds. The van der Waals surface area contributed by atoms with E-state index in [9.17, 15) is 13.6 Å². The van der Waals surface area contributed by atoms with Crippen molar-refractivity contribution in [2.24, 2.45) is 0 Å². The van der Waals surface area contributed by atoms with Crippen LogP contribution in [0.15, 0.2) is 40.9 Å². The predicted molar refractivity (Wildman–Crippen MR) is 111 cm³/mol. The Morgan fingerprint density at radius 2 is 2.16 bits per heavy atom. The Labute approximate surface area is 183 Å². The molecule has 4 rings (SSSR count). The molecule has 9 heteroatoms. The first-order valence-corrected chi connectivity index (χ1v) is 10.6. The van der Waals surface area contributed by atoms with E-state index in [1.807, 2.05) is 24.3 Å². The first-order chi connectivity index (χ1) is 14.9. The Morgan fingerprint density at radius 3 is 2.94 bits per heavy atom. The summed E-state index contributed by atoms with van der Waals surface area (Å²) in [6.07, 6.45) is 1.20. The Balaban J connectivity index is 1.41. The summed E-state index contributed by atoms with van der Waals surface area (Å²) < 4.78 is 33.4. The molecule has 2 aromatic heterocycles. The van der Waals surface area contributed by atoms with Crippen LogP contribution in [0.1, 0.15) is 53.8 Å². The minimum atomic E-state index is -2.67. The Bertz CT molecular complexity index is 1070. The highest BCUT2D eigenvalue weighted by atomic mass is 35.5. The third-order valence-corrected chi connectivity index (χ3v) is 5.83. The zero-order chi connectivity index (χ0) is 22.0. The SMILES string of the molecule is Cc1cc(C(F)F)n(CC(=O)N2CCCC(c3ncc(Cc4ccccc4Cl)o3)C2)n1. The van der Waals surface area contributed by atoms with Gasteiger partial charge < -0.3 is 9.32 Å². The topological polar surface area (TPSA) is 64.2 Å². The molecule has 1 fully saturated rings. The van der Waals surface area contributed by atoms with Gasteiger partial charge in [0.25, 0.3) is 6.43 Å². The molecule has 0 aliphatic carbocycles. The van der Waals surface area contributed by atoms with Crippen molar-refractivity contribution in [3.05, 3.63) is 70.2 Å². The van der Waals surface area contributed by atoms with Gasteiger partial charge in [0.2, 0.25) is 5.91 Å².